The minimum atomic E-state index is -0.462. The number of benzene rings is 2. The lowest BCUT2D eigenvalue weighted by atomic mass is 9.87. The predicted octanol–water partition coefficient (Wildman–Crippen LogP) is 2.89. The first kappa shape index (κ1) is 17.7. The van der Waals surface area contributed by atoms with E-state index < -0.39 is 11.8 Å². The number of ether oxygens (including phenoxy) is 1. The molecule has 0 aromatic heterocycles. The number of imide groups is 1. The van der Waals surface area contributed by atoms with Gasteiger partial charge in [0.15, 0.2) is 6.61 Å². The summed E-state index contributed by atoms with van der Waals surface area (Å²) in [5.41, 5.74) is 2.23. The van der Waals surface area contributed by atoms with E-state index in [1.165, 1.54) is 17.7 Å². The fourth-order valence-electron chi connectivity index (χ4n) is 2.64. The minimum Gasteiger partial charge on any atom is -0.484 e. The second-order valence-corrected chi connectivity index (χ2v) is 7.15. The summed E-state index contributed by atoms with van der Waals surface area (Å²) in [4.78, 5) is 35.2. The fourth-order valence-corrected chi connectivity index (χ4v) is 2.64. The van der Waals surface area contributed by atoms with E-state index in [9.17, 15) is 14.4 Å². The molecule has 0 saturated carbocycles. The predicted molar refractivity (Wildman–Crippen MR) is 97.5 cm³/mol. The summed E-state index contributed by atoms with van der Waals surface area (Å²) in [6, 6.07) is 12.2. The van der Waals surface area contributed by atoms with Crippen LogP contribution in [0.4, 0.5) is 5.69 Å². The molecule has 0 fully saturated rings. The maximum absolute atomic E-state index is 12.1. The first-order valence-electron chi connectivity index (χ1n) is 8.27. The number of carbonyl (C=O) groups is 3. The lowest BCUT2D eigenvalue weighted by molar-refractivity contribution is -0.118. The summed E-state index contributed by atoms with van der Waals surface area (Å²) in [5.74, 6) is -0.636. The van der Waals surface area contributed by atoms with Crippen LogP contribution >= 0.6 is 0 Å². The van der Waals surface area contributed by atoms with Crippen LogP contribution in [-0.2, 0) is 10.2 Å². The molecule has 0 unspecified atom stereocenters. The van der Waals surface area contributed by atoms with Crippen molar-refractivity contribution in [3.05, 3.63) is 59.2 Å². The van der Waals surface area contributed by atoms with Crippen molar-refractivity contribution in [1.82, 2.24) is 5.32 Å². The average molecular weight is 352 g/mol. The topological polar surface area (TPSA) is 84.5 Å². The van der Waals surface area contributed by atoms with Crippen LogP contribution in [0.5, 0.6) is 5.75 Å². The van der Waals surface area contributed by atoms with Gasteiger partial charge in [0.25, 0.3) is 17.7 Å². The summed E-state index contributed by atoms with van der Waals surface area (Å²) in [6.45, 7) is 6.22. The molecule has 2 N–H and O–H groups in total. The highest BCUT2D eigenvalue weighted by Gasteiger charge is 2.26. The van der Waals surface area contributed by atoms with Gasteiger partial charge in [0.1, 0.15) is 5.75 Å². The van der Waals surface area contributed by atoms with Crippen LogP contribution < -0.4 is 15.4 Å². The average Bonchev–Trinajstić information content (AvgIpc) is 2.86. The van der Waals surface area contributed by atoms with Gasteiger partial charge >= 0.3 is 0 Å². The van der Waals surface area contributed by atoms with Crippen LogP contribution in [0.2, 0.25) is 0 Å². The number of hydrogen-bond donors (Lipinski definition) is 2. The highest BCUT2D eigenvalue weighted by atomic mass is 16.5. The van der Waals surface area contributed by atoms with E-state index in [-0.39, 0.29) is 23.5 Å². The van der Waals surface area contributed by atoms with Crippen LogP contribution in [0, 0.1) is 0 Å². The minimum absolute atomic E-state index is 0.0527. The zero-order valence-electron chi connectivity index (χ0n) is 14.9. The maximum Gasteiger partial charge on any atom is 0.262 e. The van der Waals surface area contributed by atoms with E-state index in [0.29, 0.717) is 17.0 Å². The number of nitrogens with one attached hydrogen (secondary N) is 2. The molecule has 0 radical (unpaired) electrons. The van der Waals surface area contributed by atoms with Gasteiger partial charge in [0.05, 0.1) is 11.1 Å². The summed E-state index contributed by atoms with van der Waals surface area (Å²) in [6.07, 6.45) is 0. The van der Waals surface area contributed by atoms with Gasteiger partial charge in [0.2, 0.25) is 0 Å². The van der Waals surface area contributed by atoms with E-state index in [2.05, 4.69) is 31.4 Å². The van der Waals surface area contributed by atoms with Crippen molar-refractivity contribution < 1.29 is 19.1 Å². The molecule has 2 aromatic rings. The number of fused-ring (bicyclic) bond motifs is 1. The Balaban J connectivity index is 1.59. The molecule has 6 heteroatoms. The Hall–Kier alpha value is -3.15. The fraction of sp³-hybridized carbons (Fsp3) is 0.250. The van der Waals surface area contributed by atoms with E-state index >= 15 is 0 Å². The third-order valence-corrected chi connectivity index (χ3v) is 4.11. The number of carbonyl (C=O) groups excluding carboxylic acids is 3. The molecule has 0 aliphatic carbocycles. The van der Waals surface area contributed by atoms with Crippen molar-refractivity contribution in [2.24, 2.45) is 0 Å². The molecule has 0 saturated heterocycles. The molecule has 1 heterocycles. The Kier molecular flexibility index (Phi) is 4.50. The molecule has 2 aromatic carbocycles. The first-order valence-corrected chi connectivity index (χ1v) is 8.27. The van der Waals surface area contributed by atoms with Crippen LogP contribution in [0.3, 0.4) is 0 Å². The monoisotopic (exact) mass is 352 g/mol. The van der Waals surface area contributed by atoms with E-state index in [4.69, 9.17) is 4.74 Å². The highest BCUT2D eigenvalue weighted by Crippen LogP contribution is 2.24. The van der Waals surface area contributed by atoms with Crippen LogP contribution in [0.1, 0.15) is 47.1 Å². The summed E-state index contributed by atoms with van der Waals surface area (Å²) >= 11 is 0. The Labute approximate surface area is 151 Å². The molecule has 3 rings (SSSR count). The van der Waals surface area contributed by atoms with Gasteiger partial charge in [-0.15, -0.1) is 0 Å². The third kappa shape index (κ3) is 3.74. The second-order valence-electron chi connectivity index (χ2n) is 7.15. The van der Waals surface area contributed by atoms with Gasteiger partial charge in [0, 0.05) is 5.69 Å². The molecule has 3 amide bonds. The zero-order valence-corrected chi connectivity index (χ0v) is 14.9. The molecule has 134 valence electrons. The maximum atomic E-state index is 12.1. The molecule has 0 bridgehead atoms. The normalized spacial score (nSPS) is 13.2. The quantitative estimate of drug-likeness (QED) is 0.829. The van der Waals surface area contributed by atoms with Crippen LogP contribution in [-0.4, -0.2) is 24.3 Å². The molecule has 1 aliphatic heterocycles. The Morgan fingerprint density at radius 3 is 2.31 bits per heavy atom. The molecule has 0 spiro atoms. The van der Waals surface area contributed by atoms with E-state index in [1.807, 2.05) is 24.3 Å². The van der Waals surface area contributed by atoms with Gasteiger partial charge in [-0.25, -0.2) is 0 Å². The summed E-state index contributed by atoms with van der Waals surface area (Å²) < 4.78 is 5.49. The van der Waals surface area contributed by atoms with Crippen molar-refractivity contribution in [1.29, 1.82) is 0 Å². The summed E-state index contributed by atoms with van der Waals surface area (Å²) in [5, 5.41) is 4.87. The van der Waals surface area contributed by atoms with Crippen molar-refractivity contribution in [3.8, 4) is 5.75 Å². The summed E-state index contributed by atoms with van der Waals surface area (Å²) in [7, 11) is 0. The van der Waals surface area contributed by atoms with Gasteiger partial charge in [-0.3, -0.25) is 19.7 Å². The first-order chi connectivity index (χ1) is 12.2. The largest absolute Gasteiger partial charge is 0.484 e. The number of anilines is 1. The highest BCUT2D eigenvalue weighted by molar-refractivity contribution is 6.22. The van der Waals surface area contributed by atoms with Gasteiger partial charge in [-0.05, 0) is 41.3 Å². The smallest absolute Gasteiger partial charge is 0.262 e. The van der Waals surface area contributed by atoms with Gasteiger partial charge < -0.3 is 10.1 Å². The zero-order chi connectivity index (χ0) is 18.9. The molecule has 26 heavy (non-hydrogen) atoms. The molecule has 0 atom stereocenters. The number of amides is 3. The molecule has 1 aliphatic rings. The van der Waals surface area contributed by atoms with Gasteiger partial charge in [-0.2, -0.15) is 0 Å². The molecule has 6 nitrogen and oxygen atoms in total. The van der Waals surface area contributed by atoms with E-state index in [0.717, 1.165) is 0 Å². The number of hydrogen-bond acceptors (Lipinski definition) is 4. The van der Waals surface area contributed by atoms with Crippen molar-refractivity contribution >= 4 is 23.4 Å². The number of rotatable bonds is 4. The van der Waals surface area contributed by atoms with E-state index in [1.54, 1.807) is 6.07 Å². The van der Waals surface area contributed by atoms with Crippen LogP contribution in [0.25, 0.3) is 0 Å². The lowest BCUT2D eigenvalue weighted by Gasteiger charge is -2.19. The molecular weight excluding hydrogens is 332 g/mol. The van der Waals surface area contributed by atoms with Crippen molar-refractivity contribution in [2.75, 3.05) is 11.9 Å². The SMILES string of the molecule is CC(C)(C)c1ccc(OCC(=O)Nc2ccc3c(c2)C(=O)NC3=O)cc1. The Bertz CT molecular complexity index is 880. The molecular formula is C20H20N2O4. The van der Waals surface area contributed by atoms with Crippen molar-refractivity contribution in [3.63, 3.8) is 0 Å². The standard InChI is InChI=1S/C20H20N2O4/c1-20(2,3)12-4-7-14(8-5-12)26-11-17(23)21-13-6-9-15-16(10-13)19(25)22-18(15)24/h4-10H,11H2,1-3H3,(H,21,23)(H,22,24,25). The van der Waals surface area contributed by atoms with Crippen molar-refractivity contribution in [2.45, 2.75) is 26.2 Å². The van der Waals surface area contributed by atoms with Crippen LogP contribution in [0.15, 0.2) is 42.5 Å². The van der Waals surface area contributed by atoms with Gasteiger partial charge in [-0.1, -0.05) is 32.9 Å². The Morgan fingerprint density at radius 1 is 1.00 bits per heavy atom. The second kappa shape index (κ2) is 6.63. The third-order valence-electron chi connectivity index (χ3n) is 4.11. The lowest BCUT2D eigenvalue weighted by Crippen LogP contribution is -2.20. The Morgan fingerprint density at radius 2 is 1.65 bits per heavy atom.